The maximum atomic E-state index is 5.77. The molecule has 1 heterocycles. The van der Waals surface area contributed by atoms with Gasteiger partial charge in [0.2, 0.25) is 0 Å². The van der Waals surface area contributed by atoms with Gasteiger partial charge in [0.1, 0.15) is 0 Å². The summed E-state index contributed by atoms with van der Waals surface area (Å²) in [6.07, 6.45) is 4.14. The van der Waals surface area contributed by atoms with Crippen LogP contribution in [0.3, 0.4) is 0 Å². The summed E-state index contributed by atoms with van der Waals surface area (Å²) in [6, 6.07) is 0. The molecule has 0 N–H and O–H groups in total. The zero-order valence-electron chi connectivity index (χ0n) is 7.81. The highest BCUT2D eigenvalue weighted by Gasteiger charge is 2.22. The van der Waals surface area contributed by atoms with Gasteiger partial charge in [0.05, 0.1) is 0 Å². The van der Waals surface area contributed by atoms with Crippen LogP contribution in [0.1, 0.15) is 33.1 Å². The minimum atomic E-state index is -0.682. The average molecular weight is 170 g/mol. The third-order valence-corrected chi connectivity index (χ3v) is 5.08. The lowest BCUT2D eigenvalue weighted by atomic mass is 10.2. The van der Waals surface area contributed by atoms with Gasteiger partial charge >= 0.3 is 14.5 Å². The summed E-state index contributed by atoms with van der Waals surface area (Å²) in [5.74, 6) is 0.869. The molecular formula is C9H19AlO. The van der Waals surface area contributed by atoms with Crippen molar-refractivity contribution in [3.63, 3.8) is 0 Å². The van der Waals surface area contributed by atoms with Gasteiger partial charge in [-0.3, -0.25) is 0 Å². The molecule has 0 aromatic carbocycles. The van der Waals surface area contributed by atoms with Crippen LogP contribution in [0.4, 0.5) is 0 Å². The molecule has 0 radical (unpaired) electrons. The molecule has 1 aliphatic rings. The summed E-state index contributed by atoms with van der Waals surface area (Å²) in [4.78, 5) is 0. The molecule has 1 rings (SSSR count). The van der Waals surface area contributed by atoms with Gasteiger partial charge < -0.3 is 3.79 Å². The molecule has 0 saturated carbocycles. The van der Waals surface area contributed by atoms with E-state index in [0.717, 1.165) is 12.5 Å². The van der Waals surface area contributed by atoms with Gasteiger partial charge in [-0.15, -0.1) is 0 Å². The Morgan fingerprint density at radius 3 is 2.73 bits per heavy atom. The fourth-order valence-corrected chi connectivity index (χ4v) is 4.46. The summed E-state index contributed by atoms with van der Waals surface area (Å²) in [7, 11) is 0. The average Bonchev–Trinajstić information content (AvgIpc) is 2.03. The highest BCUT2D eigenvalue weighted by Crippen LogP contribution is 2.17. The van der Waals surface area contributed by atoms with E-state index in [4.69, 9.17) is 3.79 Å². The van der Waals surface area contributed by atoms with Gasteiger partial charge in [0, 0.05) is 6.61 Å². The molecule has 1 saturated heterocycles. The van der Waals surface area contributed by atoms with Gasteiger partial charge in [-0.2, -0.15) is 0 Å². The van der Waals surface area contributed by atoms with Crippen LogP contribution in [0.5, 0.6) is 0 Å². The van der Waals surface area contributed by atoms with Crippen molar-refractivity contribution in [3.05, 3.63) is 0 Å². The molecule has 0 aliphatic carbocycles. The molecule has 0 atom stereocenters. The molecule has 0 aromatic heterocycles. The third-order valence-electron chi connectivity index (χ3n) is 2.34. The Hall–Kier alpha value is 0.492. The zero-order valence-corrected chi connectivity index (χ0v) is 8.96. The standard InChI is InChI=1S/C5H11.C4H8O.Al/c1-4-5(2)3;1-2-3-4-5;/h5H,1,4H2,2-3H3;1-4H2;/q;-1;+1. The van der Waals surface area contributed by atoms with Crippen LogP contribution in [0, 0.1) is 5.92 Å². The first-order valence-electron chi connectivity index (χ1n) is 4.90. The van der Waals surface area contributed by atoms with E-state index >= 15 is 0 Å². The Morgan fingerprint density at radius 2 is 2.18 bits per heavy atom. The lowest BCUT2D eigenvalue weighted by molar-refractivity contribution is 0.284. The molecule has 0 unspecified atom stereocenters. The quantitative estimate of drug-likeness (QED) is 0.592. The minimum absolute atomic E-state index is 0.682. The van der Waals surface area contributed by atoms with Gasteiger partial charge in [0.25, 0.3) is 0 Å². The van der Waals surface area contributed by atoms with Crippen LogP contribution < -0.4 is 0 Å². The van der Waals surface area contributed by atoms with Gasteiger partial charge in [-0.1, -0.05) is 37.3 Å². The Bertz CT molecular complexity index is 97.7. The summed E-state index contributed by atoms with van der Waals surface area (Å²) >= 11 is -0.682. The molecule has 64 valence electrons. The zero-order chi connectivity index (χ0) is 8.10. The van der Waals surface area contributed by atoms with Crippen LogP contribution in [-0.4, -0.2) is 21.1 Å². The summed E-state index contributed by atoms with van der Waals surface area (Å²) in [5, 5.41) is 2.85. The van der Waals surface area contributed by atoms with Crippen molar-refractivity contribution in [3.8, 4) is 0 Å². The van der Waals surface area contributed by atoms with Gasteiger partial charge in [0.15, 0.2) is 0 Å². The normalized spacial score (nSPS) is 19.4. The first-order chi connectivity index (χ1) is 5.29. The molecular weight excluding hydrogens is 151 g/mol. The minimum Gasteiger partial charge on any atom is -0.501 e. The highest BCUT2D eigenvalue weighted by molar-refractivity contribution is 6.51. The van der Waals surface area contributed by atoms with Gasteiger partial charge in [-0.25, -0.2) is 0 Å². The van der Waals surface area contributed by atoms with E-state index in [1.165, 1.54) is 29.8 Å². The van der Waals surface area contributed by atoms with Crippen molar-refractivity contribution < 1.29 is 3.79 Å². The summed E-state index contributed by atoms with van der Waals surface area (Å²) in [6.45, 7) is 5.67. The second-order valence-electron chi connectivity index (χ2n) is 3.96. The van der Waals surface area contributed by atoms with Crippen LogP contribution >= 0.6 is 0 Å². The second kappa shape index (κ2) is 5.19. The topological polar surface area (TPSA) is 9.23 Å². The van der Waals surface area contributed by atoms with Crippen molar-refractivity contribution in [1.29, 1.82) is 0 Å². The lowest BCUT2D eigenvalue weighted by Crippen LogP contribution is -2.23. The molecule has 1 aliphatic heterocycles. The van der Waals surface area contributed by atoms with Gasteiger partial charge in [-0.05, 0) is 12.3 Å². The molecule has 2 heteroatoms. The number of hydrogen-bond donors (Lipinski definition) is 0. The summed E-state index contributed by atoms with van der Waals surface area (Å²) < 4.78 is 5.77. The van der Waals surface area contributed by atoms with E-state index in [1.54, 1.807) is 0 Å². The Balaban J connectivity index is 2.05. The van der Waals surface area contributed by atoms with Crippen LogP contribution in [0.2, 0.25) is 10.6 Å². The van der Waals surface area contributed by atoms with Crippen molar-refractivity contribution in [2.75, 3.05) is 6.61 Å². The fourth-order valence-electron chi connectivity index (χ4n) is 1.55. The van der Waals surface area contributed by atoms with Crippen molar-refractivity contribution >= 4 is 14.5 Å². The smallest absolute Gasteiger partial charge is 0.460 e. The SMILES string of the molecule is CC(C)C[CH2][Al]1[CH2]CCC[O]1. The maximum absolute atomic E-state index is 5.77. The van der Waals surface area contributed by atoms with E-state index < -0.39 is 14.5 Å². The maximum Gasteiger partial charge on any atom is 0.460 e. The molecule has 1 nitrogen and oxygen atoms in total. The fraction of sp³-hybridized carbons (Fsp3) is 1.00. The highest BCUT2D eigenvalue weighted by atomic mass is 27.2. The largest absolute Gasteiger partial charge is 0.501 e. The molecule has 0 spiro atoms. The van der Waals surface area contributed by atoms with E-state index in [9.17, 15) is 0 Å². The van der Waals surface area contributed by atoms with Crippen molar-refractivity contribution in [2.24, 2.45) is 5.92 Å². The third kappa shape index (κ3) is 4.16. The van der Waals surface area contributed by atoms with Crippen LogP contribution in [-0.2, 0) is 3.79 Å². The van der Waals surface area contributed by atoms with E-state index in [0.29, 0.717) is 0 Å². The van der Waals surface area contributed by atoms with Crippen LogP contribution in [0.15, 0.2) is 0 Å². The second-order valence-corrected chi connectivity index (χ2v) is 6.69. The Labute approximate surface area is 74.9 Å². The van der Waals surface area contributed by atoms with E-state index in [1.807, 2.05) is 0 Å². The van der Waals surface area contributed by atoms with Crippen LogP contribution in [0.25, 0.3) is 0 Å². The molecule has 0 bridgehead atoms. The first kappa shape index (κ1) is 9.58. The van der Waals surface area contributed by atoms with E-state index in [-0.39, 0.29) is 0 Å². The first-order valence-corrected chi connectivity index (χ1v) is 7.01. The molecule has 1 fully saturated rings. The molecule has 0 aromatic rings. The van der Waals surface area contributed by atoms with Crippen molar-refractivity contribution in [1.82, 2.24) is 0 Å². The predicted molar refractivity (Wildman–Crippen MR) is 50.0 cm³/mol. The molecule has 0 amide bonds. The monoisotopic (exact) mass is 170 g/mol. The Morgan fingerprint density at radius 1 is 1.36 bits per heavy atom. The Kier molecular flexibility index (Phi) is 4.52. The van der Waals surface area contributed by atoms with E-state index in [2.05, 4.69) is 13.8 Å². The predicted octanol–water partition coefficient (Wildman–Crippen LogP) is 2.83. The molecule has 11 heavy (non-hydrogen) atoms. The number of hydrogen-bond acceptors (Lipinski definition) is 1. The van der Waals surface area contributed by atoms with Crippen molar-refractivity contribution in [2.45, 2.75) is 43.7 Å². The lowest BCUT2D eigenvalue weighted by Gasteiger charge is -2.18. The summed E-state index contributed by atoms with van der Waals surface area (Å²) in [5.41, 5.74) is 0. The number of rotatable bonds is 3.